The second kappa shape index (κ2) is 15.5. The van der Waals surface area contributed by atoms with Gasteiger partial charge in [0.15, 0.2) is 0 Å². The predicted molar refractivity (Wildman–Crippen MR) is 80.4 cm³/mol. The molecule has 0 heterocycles. The van der Waals surface area contributed by atoms with Crippen molar-refractivity contribution in [3.8, 4) is 0 Å². The highest BCUT2D eigenvalue weighted by Gasteiger charge is 1.86. The third-order valence-corrected chi connectivity index (χ3v) is 3.00. The van der Waals surface area contributed by atoms with Crippen molar-refractivity contribution in [2.75, 3.05) is 0 Å². The molecule has 0 nitrogen and oxygen atoms in total. The fourth-order valence-electron chi connectivity index (χ4n) is 1.86. The lowest BCUT2D eigenvalue weighted by atomic mass is 10.1. The van der Waals surface area contributed by atoms with Crippen molar-refractivity contribution in [2.24, 2.45) is 0 Å². The quantitative estimate of drug-likeness (QED) is 0.270. The van der Waals surface area contributed by atoms with E-state index in [2.05, 4.69) is 38.2 Å². The Bertz CT molecular complexity index is 176. The first-order valence-electron chi connectivity index (χ1n) is 7.71. The molecule has 0 N–H and O–H groups in total. The minimum Gasteiger partial charge on any atom is -0.0885 e. The average molecular weight is 236 g/mol. The summed E-state index contributed by atoms with van der Waals surface area (Å²) in [5.41, 5.74) is 0. The van der Waals surface area contributed by atoms with Crippen molar-refractivity contribution < 1.29 is 0 Å². The van der Waals surface area contributed by atoms with Crippen molar-refractivity contribution in [3.63, 3.8) is 0 Å². The van der Waals surface area contributed by atoms with Gasteiger partial charge in [0.1, 0.15) is 0 Å². The summed E-state index contributed by atoms with van der Waals surface area (Å²) in [7, 11) is 0. The summed E-state index contributed by atoms with van der Waals surface area (Å²) in [6, 6.07) is 0. The lowest BCUT2D eigenvalue weighted by Crippen LogP contribution is -1.76. The van der Waals surface area contributed by atoms with Crippen LogP contribution in [0.25, 0.3) is 0 Å². The van der Waals surface area contributed by atoms with Gasteiger partial charge >= 0.3 is 0 Å². The first-order valence-corrected chi connectivity index (χ1v) is 7.71. The number of unbranched alkanes of at least 4 members (excludes halogenated alkanes) is 8. The molecule has 0 aliphatic rings. The van der Waals surface area contributed by atoms with E-state index < -0.39 is 0 Å². The average Bonchev–Trinajstić information content (AvgIpc) is 2.35. The van der Waals surface area contributed by atoms with Gasteiger partial charge in [0.25, 0.3) is 0 Å². The van der Waals surface area contributed by atoms with Gasteiger partial charge in [-0.25, -0.2) is 0 Å². The maximum Gasteiger partial charge on any atom is -0.0348 e. The molecule has 0 aliphatic carbocycles. The molecule has 0 aromatic heterocycles. The van der Waals surface area contributed by atoms with Crippen molar-refractivity contribution in [1.29, 1.82) is 0 Å². The topological polar surface area (TPSA) is 0 Å². The Labute approximate surface area is 109 Å². The van der Waals surface area contributed by atoms with E-state index in [1.54, 1.807) is 0 Å². The van der Waals surface area contributed by atoms with Crippen LogP contribution in [0.2, 0.25) is 0 Å². The standard InChI is InChI=1S/C17H32/c1-3-5-7-9-11-13-15-17-16-14-12-10-8-6-4-2/h7,9,16-17H,3-6,8,10-15H2,1-2H3/b9-7+,17-16+. The number of hydrogen-bond donors (Lipinski definition) is 0. The van der Waals surface area contributed by atoms with Crippen LogP contribution < -0.4 is 0 Å². The molecule has 0 spiro atoms. The van der Waals surface area contributed by atoms with E-state index in [9.17, 15) is 0 Å². The van der Waals surface area contributed by atoms with Crippen LogP contribution in [-0.4, -0.2) is 0 Å². The number of rotatable bonds is 12. The van der Waals surface area contributed by atoms with Gasteiger partial charge < -0.3 is 0 Å². The molecule has 0 aliphatic heterocycles. The Kier molecular flexibility index (Phi) is 15.0. The van der Waals surface area contributed by atoms with Crippen LogP contribution >= 0.6 is 0 Å². The van der Waals surface area contributed by atoms with Gasteiger partial charge in [0.05, 0.1) is 0 Å². The van der Waals surface area contributed by atoms with E-state index in [1.165, 1.54) is 70.6 Å². The summed E-state index contributed by atoms with van der Waals surface area (Å²) in [5.74, 6) is 0. The van der Waals surface area contributed by atoms with Crippen molar-refractivity contribution in [1.82, 2.24) is 0 Å². The molecule has 0 atom stereocenters. The molecule has 0 unspecified atom stereocenters. The summed E-state index contributed by atoms with van der Waals surface area (Å²) >= 11 is 0. The van der Waals surface area contributed by atoms with Gasteiger partial charge in [-0.15, -0.1) is 0 Å². The minimum absolute atomic E-state index is 1.24. The van der Waals surface area contributed by atoms with Crippen molar-refractivity contribution in [3.05, 3.63) is 24.3 Å². The number of allylic oxidation sites excluding steroid dienone is 4. The Balaban J connectivity index is 3.09. The van der Waals surface area contributed by atoms with Gasteiger partial charge in [-0.05, 0) is 38.5 Å². The predicted octanol–water partition coefficient (Wildman–Crippen LogP) is 6.43. The van der Waals surface area contributed by atoms with E-state index in [0.717, 1.165) is 0 Å². The van der Waals surface area contributed by atoms with Crippen molar-refractivity contribution in [2.45, 2.75) is 84.5 Å². The molecule has 0 saturated carbocycles. The minimum atomic E-state index is 1.24. The molecular formula is C17H32. The Morgan fingerprint density at radius 3 is 1.59 bits per heavy atom. The highest BCUT2D eigenvalue weighted by atomic mass is 13.9. The first-order chi connectivity index (χ1) is 8.41. The summed E-state index contributed by atoms with van der Waals surface area (Å²) in [6.07, 6.45) is 24.0. The summed E-state index contributed by atoms with van der Waals surface area (Å²) in [6.45, 7) is 4.50. The zero-order valence-corrected chi connectivity index (χ0v) is 12.1. The van der Waals surface area contributed by atoms with Gasteiger partial charge in [0, 0.05) is 0 Å². The highest BCUT2D eigenvalue weighted by Crippen LogP contribution is 2.06. The molecule has 0 aromatic rings. The van der Waals surface area contributed by atoms with Crippen LogP contribution in [0.15, 0.2) is 24.3 Å². The van der Waals surface area contributed by atoms with Crippen molar-refractivity contribution >= 4 is 0 Å². The molecule has 0 bridgehead atoms. The summed E-state index contributed by atoms with van der Waals surface area (Å²) in [4.78, 5) is 0. The smallest absolute Gasteiger partial charge is 0.0348 e. The first kappa shape index (κ1) is 16.5. The van der Waals surface area contributed by atoms with Crippen LogP contribution in [0.1, 0.15) is 84.5 Å². The summed E-state index contributed by atoms with van der Waals surface area (Å²) in [5, 5.41) is 0. The van der Waals surface area contributed by atoms with E-state index in [4.69, 9.17) is 0 Å². The van der Waals surface area contributed by atoms with Crippen LogP contribution in [0, 0.1) is 0 Å². The molecular weight excluding hydrogens is 204 g/mol. The SMILES string of the molecule is CCC/C=C/CCC/C=C/CCCCCCC. The monoisotopic (exact) mass is 236 g/mol. The van der Waals surface area contributed by atoms with Gasteiger partial charge in [-0.2, -0.15) is 0 Å². The van der Waals surface area contributed by atoms with Crippen LogP contribution in [0.3, 0.4) is 0 Å². The van der Waals surface area contributed by atoms with E-state index in [1.807, 2.05) is 0 Å². The van der Waals surface area contributed by atoms with Gasteiger partial charge in [-0.1, -0.05) is 70.3 Å². The second-order valence-corrected chi connectivity index (χ2v) is 4.87. The van der Waals surface area contributed by atoms with Gasteiger partial charge in [-0.3, -0.25) is 0 Å². The molecule has 0 aromatic carbocycles. The molecule has 0 rings (SSSR count). The highest BCUT2D eigenvalue weighted by molar-refractivity contribution is 4.85. The molecule has 100 valence electrons. The zero-order valence-electron chi connectivity index (χ0n) is 12.1. The largest absolute Gasteiger partial charge is 0.0885 e. The molecule has 0 amide bonds. The van der Waals surface area contributed by atoms with E-state index in [0.29, 0.717) is 0 Å². The van der Waals surface area contributed by atoms with Crippen LogP contribution in [0.4, 0.5) is 0 Å². The van der Waals surface area contributed by atoms with E-state index in [-0.39, 0.29) is 0 Å². The Morgan fingerprint density at radius 1 is 0.471 bits per heavy atom. The second-order valence-electron chi connectivity index (χ2n) is 4.87. The van der Waals surface area contributed by atoms with E-state index >= 15 is 0 Å². The normalized spacial score (nSPS) is 11.9. The summed E-state index contributed by atoms with van der Waals surface area (Å²) < 4.78 is 0. The molecule has 0 heteroatoms. The third kappa shape index (κ3) is 15.5. The third-order valence-electron chi connectivity index (χ3n) is 3.00. The Morgan fingerprint density at radius 2 is 1.00 bits per heavy atom. The van der Waals surface area contributed by atoms with Crippen LogP contribution in [0.5, 0.6) is 0 Å². The Hall–Kier alpha value is -0.520. The zero-order chi connectivity index (χ0) is 12.6. The molecule has 17 heavy (non-hydrogen) atoms. The number of hydrogen-bond acceptors (Lipinski definition) is 0. The maximum absolute atomic E-state index is 2.38. The molecule has 0 radical (unpaired) electrons. The molecule has 0 fully saturated rings. The fraction of sp³-hybridized carbons (Fsp3) is 0.765. The lowest BCUT2D eigenvalue weighted by Gasteiger charge is -1.96. The molecule has 0 saturated heterocycles. The maximum atomic E-state index is 2.38. The van der Waals surface area contributed by atoms with Gasteiger partial charge in [0.2, 0.25) is 0 Å². The fourth-order valence-corrected chi connectivity index (χ4v) is 1.86. The lowest BCUT2D eigenvalue weighted by molar-refractivity contribution is 0.637. The van der Waals surface area contributed by atoms with Crippen LogP contribution in [-0.2, 0) is 0 Å².